The van der Waals surface area contributed by atoms with Crippen molar-refractivity contribution in [2.75, 3.05) is 0 Å². The van der Waals surface area contributed by atoms with E-state index in [4.69, 9.17) is 0 Å². The van der Waals surface area contributed by atoms with Gasteiger partial charge in [-0.25, -0.2) is 4.39 Å². The summed E-state index contributed by atoms with van der Waals surface area (Å²) < 4.78 is 44.0. The van der Waals surface area contributed by atoms with Crippen molar-refractivity contribution >= 4 is 21.5 Å². The molecule has 0 heterocycles. The molecule has 0 amide bonds. The maximum absolute atomic E-state index is 15.0. The number of fused-ring (bicyclic) bond motifs is 3. The molecule has 4 aromatic carbocycles. The van der Waals surface area contributed by atoms with Gasteiger partial charge in [0.15, 0.2) is 0 Å². The van der Waals surface area contributed by atoms with Crippen LogP contribution in [0.15, 0.2) is 66.7 Å². The number of hydrogen-bond acceptors (Lipinski definition) is 1. The lowest BCUT2D eigenvalue weighted by Gasteiger charge is -2.11. The fraction of sp³-hybridized carbons (Fsp3) is 0.231. The monoisotopic (exact) mass is 408 g/mol. The van der Waals surface area contributed by atoms with Crippen LogP contribution in [0.3, 0.4) is 0 Å². The summed E-state index contributed by atoms with van der Waals surface area (Å²) in [7, 11) is 0. The third-order valence-corrected chi connectivity index (χ3v) is 5.45. The molecule has 0 bridgehead atoms. The number of alkyl halides is 2. The Balaban J connectivity index is 1.69. The molecule has 0 aliphatic heterocycles. The van der Waals surface area contributed by atoms with E-state index in [1.807, 2.05) is 12.1 Å². The highest BCUT2D eigenvalue weighted by molar-refractivity contribution is 6.08. The van der Waals surface area contributed by atoms with Crippen LogP contribution in [0.2, 0.25) is 0 Å². The second-order valence-corrected chi connectivity index (χ2v) is 7.53. The van der Waals surface area contributed by atoms with Crippen LogP contribution in [0.4, 0.5) is 13.2 Å². The van der Waals surface area contributed by atoms with E-state index in [0.29, 0.717) is 11.1 Å². The van der Waals surface area contributed by atoms with E-state index in [9.17, 15) is 13.2 Å². The lowest BCUT2D eigenvalue weighted by molar-refractivity contribution is -0.0498. The maximum atomic E-state index is 15.0. The molecule has 4 rings (SSSR count). The van der Waals surface area contributed by atoms with Crippen LogP contribution in [0, 0.1) is 5.82 Å². The van der Waals surface area contributed by atoms with Crippen molar-refractivity contribution in [2.24, 2.45) is 0 Å². The van der Waals surface area contributed by atoms with E-state index in [-0.39, 0.29) is 11.6 Å². The number of rotatable bonds is 7. The van der Waals surface area contributed by atoms with E-state index in [1.54, 1.807) is 18.2 Å². The largest absolute Gasteiger partial charge is 0.435 e. The SMILES string of the molecule is CCCCCc1ccc2c(ccc3cc(-c4ccc(OC(F)F)cc4)c(F)cc32)c1. The van der Waals surface area contributed by atoms with Crippen LogP contribution in [0.1, 0.15) is 31.7 Å². The number of hydrogen-bond donors (Lipinski definition) is 0. The summed E-state index contributed by atoms with van der Waals surface area (Å²) in [5, 5.41) is 3.94. The van der Waals surface area contributed by atoms with Crippen LogP contribution >= 0.6 is 0 Å². The van der Waals surface area contributed by atoms with Gasteiger partial charge in [0.25, 0.3) is 0 Å². The molecule has 0 atom stereocenters. The number of aryl methyl sites for hydroxylation is 1. The van der Waals surface area contributed by atoms with E-state index in [2.05, 4.69) is 35.9 Å². The molecule has 0 saturated heterocycles. The fourth-order valence-corrected chi connectivity index (χ4v) is 3.91. The number of halogens is 3. The van der Waals surface area contributed by atoms with Gasteiger partial charge in [0.2, 0.25) is 0 Å². The molecule has 4 aromatic rings. The van der Waals surface area contributed by atoms with Gasteiger partial charge in [-0.1, -0.05) is 62.2 Å². The van der Waals surface area contributed by atoms with E-state index in [0.717, 1.165) is 28.0 Å². The second-order valence-electron chi connectivity index (χ2n) is 7.53. The van der Waals surface area contributed by atoms with Gasteiger partial charge in [-0.05, 0) is 69.8 Å². The minimum Gasteiger partial charge on any atom is -0.435 e. The molecule has 0 fully saturated rings. The molecule has 1 nitrogen and oxygen atoms in total. The maximum Gasteiger partial charge on any atom is 0.387 e. The van der Waals surface area contributed by atoms with Gasteiger partial charge in [0.1, 0.15) is 11.6 Å². The molecule has 0 aromatic heterocycles. The quantitative estimate of drug-likeness (QED) is 0.221. The normalized spacial score (nSPS) is 11.5. The van der Waals surface area contributed by atoms with Gasteiger partial charge in [-0.2, -0.15) is 8.78 Å². The highest BCUT2D eigenvalue weighted by atomic mass is 19.3. The first-order valence-electron chi connectivity index (χ1n) is 10.3. The highest BCUT2D eigenvalue weighted by Crippen LogP contribution is 2.33. The van der Waals surface area contributed by atoms with Crippen LogP contribution in [-0.2, 0) is 6.42 Å². The highest BCUT2D eigenvalue weighted by Gasteiger charge is 2.11. The van der Waals surface area contributed by atoms with Gasteiger partial charge >= 0.3 is 6.61 Å². The lowest BCUT2D eigenvalue weighted by atomic mass is 9.95. The first-order chi connectivity index (χ1) is 14.5. The minimum atomic E-state index is -2.88. The summed E-state index contributed by atoms with van der Waals surface area (Å²) in [5.74, 6) is -0.291. The molecule has 154 valence electrons. The van der Waals surface area contributed by atoms with Crippen molar-refractivity contribution in [1.29, 1.82) is 0 Å². The molecule has 0 spiro atoms. The Morgan fingerprint density at radius 1 is 0.800 bits per heavy atom. The first-order valence-corrected chi connectivity index (χ1v) is 10.3. The van der Waals surface area contributed by atoms with Crippen molar-refractivity contribution < 1.29 is 17.9 Å². The lowest BCUT2D eigenvalue weighted by Crippen LogP contribution is -2.01. The molecule has 30 heavy (non-hydrogen) atoms. The Bertz CT molecular complexity index is 1170. The molecule has 0 N–H and O–H groups in total. The summed E-state index contributed by atoms with van der Waals surface area (Å²) in [6.07, 6.45) is 4.65. The summed E-state index contributed by atoms with van der Waals surface area (Å²) >= 11 is 0. The summed E-state index contributed by atoms with van der Waals surface area (Å²) in [6.45, 7) is -0.686. The zero-order valence-electron chi connectivity index (χ0n) is 16.8. The third-order valence-electron chi connectivity index (χ3n) is 5.45. The van der Waals surface area contributed by atoms with E-state index >= 15 is 0 Å². The van der Waals surface area contributed by atoms with Crippen molar-refractivity contribution in [3.05, 3.63) is 78.1 Å². The number of unbranched alkanes of at least 4 members (excludes halogenated alkanes) is 2. The zero-order valence-corrected chi connectivity index (χ0v) is 16.8. The standard InChI is InChI=1S/C26H23F3O/c1-2-3-4-5-17-6-13-22-19(14-17)7-8-20-15-24(25(27)16-23(20)22)18-9-11-21(12-10-18)30-26(28)29/h6-16,26H,2-5H2,1H3. The first kappa shape index (κ1) is 20.3. The van der Waals surface area contributed by atoms with Gasteiger partial charge in [0.05, 0.1) is 0 Å². The molecular formula is C26H23F3O. The predicted octanol–water partition coefficient (Wildman–Crippen LogP) is 8.13. The van der Waals surface area contributed by atoms with Crippen molar-refractivity contribution in [3.8, 4) is 16.9 Å². The van der Waals surface area contributed by atoms with Gasteiger partial charge in [-0.3, -0.25) is 0 Å². The Morgan fingerprint density at radius 3 is 2.23 bits per heavy atom. The van der Waals surface area contributed by atoms with Gasteiger partial charge < -0.3 is 4.74 Å². The van der Waals surface area contributed by atoms with Crippen molar-refractivity contribution in [3.63, 3.8) is 0 Å². The molecule has 0 aliphatic rings. The molecule has 0 radical (unpaired) electrons. The van der Waals surface area contributed by atoms with E-state index in [1.165, 1.54) is 37.0 Å². The summed E-state index contributed by atoms with van der Waals surface area (Å²) in [6, 6.07) is 19.9. The topological polar surface area (TPSA) is 9.23 Å². The summed E-state index contributed by atoms with van der Waals surface area (Å²) in [4.78, 5) is 0. The molecule has 0 saturated carbocycles. The average Bonchev–Trinajstić information content (AvgIpc) is 2.73. The van der Waals surface area contributed by atoms with Crippen molar-refractivity contribution in [1.82, 2.24) is 0 Å². The molecular weight excluding hydrogens is 385 g/mol. The Morgan fingerprint density at radius 2 is 1.53 bits per heavy atom. The van der Waals surface area contributed by atoms with Crippen LogP contribution in [0.5, 0.6) is 5.75 Å². The van der Waals surface area contributed by atoms with Gasteiger partial charge in [0, 0.05) is 5.56 Å². The van der Waals surface area contributed by atoms with Crippen LogP contribution < -0.4 is 4.74 Å². The zero-order chi connectivity index (χ0) is 21.1. The van der Waals surface area contributed by atoms with E-state index < -0.39 is 6.61 Å². The minimum absolute atomic E-state index is 0.0516. The third kappa shape index (κ3) is 4.28. The number of benzene rings is 4. The fourth-order valence-electron chi connectivity index (χ4n) is 3.91. The smallest absolute Gasteiger partial charge is 0.387 e. The van der Waals surface area contributed by atoms with Crippen LogP contribution in [0.25, 0.3) is 32.7 Å². The Kier molecular flexibility index (Phi) is 5.93. The van der Waals surface area contributed by atoms with Gasteiger partial charge in [-0.15, -0.1) is 0 Å². The molecule has 0 unspecified atom stereocenters. The Hall–Kier alpha value is -3.01. The van der Waals surface area contributed by atoms with Crippen LogP contribution in [-0.4, -0.2) is 6.61 Å². The number of ether oxygens (including phenoxy) is 1. The van der Waals surface area contributed by atoms with Crippen molar-refractivity contribution in [2.45, 2.75) is 39.2 Å². The molecule has 4 heteroatoms. The second kappa shape index (κ2) is 8.78. The molecule has 0 aliphatic carbocycles. The Labute approximate surface area is 174 Å². The average molecular weight is 408 g/mol. The predicted molar refractivity (Wildman–Crippen MR) is 117 cm³/mol. The summed E-state index contributed by atoms with van der Waals surface area (Å²) in [5.41, 5.74) is 2.35.